The summed E-state index contributed by atoms with van der Waals surface area (Å²) in [5, 5.41) is 19.2. The Labute approximate surface area is 108 Å². The van der Waals surface area contributed by atoms with Crippen LogP contribution in [0.3, 0.4) is 0 Å². The molecule has 0 heterocycles. The van der Waals surface area contributed by atoms with Crippen molar-refractivity contribution in [3.05, 3.63) is 60.2 Å². The number of aliphatic hydroxyl groups excluding tert-OH is 2. The molecule has 0 saturated heterocycles. The van der Waals surface area contributed by atoms with E-state index in [1.54, 1.807) is 6.92 Å². The van der Waals surface area contributed by atoms with E-state index < -0.39 is 12.2 Å². The minimum absolute atomic E-state index is 0.461. The van der Waals surface area contributed by atoms with E-state index in [0.29, 0.717) is 6.42 Å². The van der Waals surface area contributed by atoms with Gasteiger partial charge in [-0.3, -0.25) is 0 Å². The summed E-state index contributed by atoms with van der Waals surface area (Å²) in [6.45, 7) is 1.61. The molecule has 2 heteroatoms. The molecule has 0 aromatic heterocycles. The third-order valence-corrected chi connectivity index (χ3v) is 3.09. The first-order valence-corrected chi connectivity index (χ1v) is 6.18. The van der Waals surface area contributed by atoms with Crippen molar-refractivity contribution in [3.8, 4) is 11.1 Å². The highest BCUT2D eigenvalue weighted by molar-refractivity contribution is 5.67. The summed E-state index contributed by atoms with van der Waals surface area (Å²) < 4.78 is 0. The summed E-state index contributed by atoms with van der Waals surface area (Å²) in [6.07, 6.45) is -0.980. The minimum atomic E-state index is -0.727. The zero-order valence-corrected chi connectivity index (χ0v) is 10.5. The van der Waals surface area contributed by atoms with Crippen LogP contribution in [0.15, 0.2) is 54.6 Å². The van der Waals surface area contributed by atoms with E-state index in [-0.39, 0.29) is 0 Å². The molecule has 2 aromatic carbocycles. The molecule has 2 aromatic rings. The predicted molar refractivity (Wildman–Crippen MR) is 73.3 cm³/mol. The van der Waals surface area contributed by atoms with Crippen LogP contribution in [0, 0.1) is 0 Å². The first-order valence-electron chi connectivity index (χ1n) is 6.18. The van der Waals surface area contributed by atoms with Gasteiger partial charge in [-0.2, -0.15) is 0 Å². The lowest BCUT2D eigenvalue weighted by atomic mass is 9.95. The molecule has 0 fully saturated rings. The van der Waals surface area contributed by atoms with Gasteiger partial charge in [-0.1, -0.05) is 54.6 Å². The van der Waals surface area contributed by atoms with Crippen LogP contribution < -0.4 is 0 Å². The van der Waals surface area contributed by atoms with E-state index in [0.717, 1.165) is 16.7 Å². The van der Waals surface area contributed by atoms with Crippen LogP contribution in [0.2, 0.25) is 0 Å². The van der Waals surface area contributed by atoms with E-state index in [9.17, 15) is 10.2 Å². The third-order valence-electron chi connectivity index (χ3n) is 3.09. The summed E-state index contributed by atoms with van der Waals surface area (Å²) in [4.78, 5) is 0. The molecule has 94 valence electrons. The van der Waals surface area contributed by atoms with E-state index in [4.69, 9.17) is 0 Å². The molecule has 2 nitrogen and oxygen atoms in total. The number of hydrogen-bond donors (Lipinski definition) is 2. The van der Waals surface area contributed by atoms with Crippen LogP contribution in [0.25, 0.3) is 11.1 Å². The van der Waals surface area contributed by atoms with Gasteiger partial charge in [-0.25, -0.2) is 0 Å². The minimum Gasteiger partial charge on any atom is -0.391 e. The molecule has 0 spiro atoms. The Morgan fingerprint density at radius 2 is 1.50 bits per heavy atom. The van der Waals surface area contributed by atoms with Gasteiger partial charge in [-0.15, -0.1) is 0 Å². The van der Waals surface area contributed by atoms with Crippen molar-refractivity contribution in [2.24, 2.45) is 0 Å². The molecule has 0 aliphatic rings. The monoisotopic (exact) mass is 242 g/mol. The zero-order valence-electron chi connectivity index (χ0n) is 10.5. The Morgan fingerprint density at radius 3 is 2.17 bits per heavy atom. The maximum Gasteiger partial charge on any atom is 0.0836 e. The fraction of sp³-hybridized carbons (Fsp3) is 0.250. The average Bonchev–Trinajstić information content (AvgIpc) is 2.40. The highest BCUT2D eigenvalue weighted by atomic mass is 16.3. The Morgan fingerprint density at radius 1 is 0.889 bits per heavy atom. The second-order valence-corrected chi connectivity index (χ2v) is 4.54. The summed E-state index contributed by atoms with van der Waals surface area (Å²) in [6, 6.07) is 18.1. The largest absolute Gasteiger partial charge is 0.391 e. The van der Waals surface area contributed by atoms with Crippen molar-refractivity contribution in [3.63, 3.8) is 0 Å². The van der Waals surface area contributed by atoms with Gasteiger partial charge in [0, 0.05) is 6.42 Å². The van der Waals surface area contributed by atoms with E-state index in [1.807, 2.05) is 54.6 Å². The molecule has 2 unspecified atom stereocenters. The smallest absolute Gasteiger partial charge is 0.0836 e. The van der Waals surface area contributed by atoms with Crippen molar-refractivity contribution in [2.45, 2.75) is 25.6 Å². The SMILES string of the molecule is CC(O)C(O)Cc1ccccc1-c1ccccc1. The molecule has 0 amide bonds. The topological polar surface area (TPSA) is 40.5 Å². The quantitative estimate of drug-likeness (QED) is 0.865. The van der Waals surface area contributed by atoms with Gasteiger partial charge in [0.2, 0.25) is 0 Å². The van der Waals surface area contributed by atoms with Crippen LogP contribution in [-0.4, -0.2) is 22.4 Å². The standard InChI is InChI=1S/C16H18O2/c1-12(17)16(18)11-14-9-5-6-10-15(14)13-7-3-2-4-8-13/h2-10,12,16-18H,11H2,1H3. The fourth-order valence-corrected chi connectivity index (χ4v) is 1.99. The van der Waals surface area contributed by atoms with Gasteiger partial charge in [-0.05, 0) is 23.6 Å². The van der Waals surface area contributed by atoms with Gasteiger partial charge in [0.25, 0.3) is 0 Å². The maximum atomic E-state index is 9.80. The van der Waals surface area contributed by atoms with Crippen molar-refractivity contribution in [1.82, 2.24) is 0 Å². The van der Waals surface area contributed by atoms with Gasteiger partial charge in [0.05, 0.1) is 12.2 Å². The highest BCUT2D eigenvalue weighted by Crippen LogP contribution is 2.24. The van der Waals surface area contributed by atoms with Gasteiger partial charge >= 0.3 is 0 Å². The number of aliphatic hydroxyl groups is 2. The molecular formula is C16H18O2. The lowest BCUT2D eigenvalue weighted by Gasteiger charge is -2.16. The fourth-order valence-electron chi connectivity index (χ4n) is 1.99. The van der Waals surface area contributed by atoms with Crippen molar-refractivity contribution < 1.29 is 10.2 Å². The average molecular weight is 242 g/mol. The molecule has 0 saturated carbocycles. The number of benzene rings is 2. The lowest BCUT2D eigenvalue weighted by molar-refractivity contribution is 0.0320. The summed E-state index contributed by atoms with van der Waals surface area (Å²) in [5.41, 5.74) is 3.29. The lowest BCUT2D eigenvalue weighted by Crippen LogP contribution is -2.24. The number of rotatable bonds is 4. The van der Waals surface area contributed by atoms with Crippen LogP contribution >= 0.6 is 0 Å². The molecule has 0 radical (unpaired) electrons. The van der Waals surface area contributed by atoms with Crippen LogP contribution in [0.1, 0.15) is 12.5 Å². The molecule has 0 aliphatic heterocycles. The maximum absolute atomic E-state index is 9.80. The summed E-state index contributed by atoms with van der Waals surface area (Å²) in [7, 11) is 0. The molecule has 2 rings (SSSR count). The van der Waals surface area contributed by atoms with Crippen molar-refractivity contribution >= 4 is 0 Å². The Hall–Kier alpha value is -1.64. The molecule has 0 bridgehead atoms. The van der Waals surface area contributed by atoms with E-state index >= 15 is 0 Å². The molecule has 0 aliphatic carbocycles. The molecular weight excluding hydrogens is 224 g/mol. The van der Waals surface area contributed by atoms with E-state index in [1.165, 1.54) is 0 Å². The summed E-state index contributed by atoms with van der Waals surface area (Å²) in [5.74, 6) is 0. The zero-order chi connectivity index (χ0) is 13.0. The number of hydrogen-bond acceptors (Lipinski definition) is 2. The van der Waals surface area contributed by atoms with Gasteiger partial charge in [0.1, 0.15) is 0 Å². The second-order valence-electron chi connectivity index (χ2n) is 4.54. The predicted octanol–water partition coefficient (Wildman–Crippen LogP) is 2.64. The van der Waals surface area contributed by atoms with Crippen LogP contribution in [0.5, 0.6) is 0 Å². The normalized spacial score (nSPS) is 14.2. The molecule has 2 atom stereocenters. The van der Waals surface area contributed by atoms with E-state index in [2.05, 4.69) is 0 Å². The third kappa shape index (κ3) is 2.97. The Bertz CT molecular complexity index is 491. The van der Waals surface area contributed by atoms with Crippen molar-refractivity contribution in [1.29, 1.82) is 0 Å². The molecule has 2 N–H and O–H groups in total. The van der Waals surface area contributed by atoms with Crippen molar-refractivity contribution in [2.75, 3.05) is 0 Å². The highest BCUT2D eigenvalue weighted by Gasteiger charge is 2.14. The Balaban J connectivity index is 2.32. The molecule has 18 heavy (non-hydrogen) atoms. The summed E-state index contributed by atoms with van der Waals surface area (Å²) >= 11 is 0. The van der Waals surface area contributed by atoms with Crippen LogP contribution in [-0.2, 0) is 6.42 Å². The first-order chi connectivity index (χ1) is 8.68. The van der Waals surface area contributed by atoms with Gasteiger partial charge in [0.15, 0.2) is 0 Å². The van der Waals surface area contributed by atoms with Gasteiger partial charge < -0.3 is 10.2 Å². The Kier molecular flexibility index (Phi) is 4.13. The second kappa shape index (κ2) is 5.80. The first kappa shape index (κ1) is 12.8. The van der Waals surface area contributed by atoms with Crippen LogP contribution in [0.4, 0.5) is 0 Å².